The van der Waals surface area contributed by atoms with Gasteiger partial charge in [-0.3, -0.25) is 0 Å². The number of benzene rings is 2. The highest BCUT2D eigenvalue weighted by molar-refractivity contribution is 9.10. The van der Waals surface area contributed by atoms with Crippen LogP contribution >= 0.6 is 27.5 Å². The standard InChI is InChI=1S/C17H19BrClN/c1-2-20-17(11-8-13-6-4-3-5-7-13)15-10-9-14(18)12-16(15)19/h3-7,9-10,12,17,20H,2,8,11H2,1H3. The van der Waals surface area contributed by atoms with Crippen LogP contribution < -0.4 is 5.32 Å². The van der Waals surface area contributed by atoms with Crippen molar-refractivity contribution in [2.75, 3.05) is 6.54 Å². The summed E-state index contributed by atoms with van der Waals surface area (Å²) in [5.41, 5.74) is 2.54. The first-order valence-electron chi connectivity index (χ1n) is 6.93. The maximum Gasteiger partial charge on any atom is 0.0465 e. The van der Waals surface area contributed by atoms with Gasteiger partial charge < -0.3 is 5.32 Å². The molecule has 106 valence electrons. The fourth-order valence-electron chi connectivity index (χ4n) is 2.35. The number of hydrogen-bond donors (Lipinski definition) is 1. The predicted molar refractivity (Wildman–Crippen MR) is 90.3 cm³/mol. The maximum atomic E-state index is 6.37. The summed E-state index contributed by atoms with van der Waals surface area (Å²) in [4.78, 5) is 0. The van der Waals surface area contributed by atoms with E-state index < -0.39 is 0 Å². The molecule has 0 aliphatic carbocycles. The van der Waals surface area contributed by atoms with Gasteiger partial charge in [0.25, 0.3) is 0 Å². The van der Waals surface area contributed by atoms with Gasteiger partial charge in [0.15, 0.2) is 0 Å². The summed E-state index contributed by atoms with van der Waals surface area (Å²) < 4.78 is 1.02. The normalized spacial score (nSPS) is 12.3. The molecule has 0 heterocycles. The van der Waals surface area contributed by atoms with Crippen molar-refractivity contribution in [3.63, 3.8) is 0 Å². The summed E-state index contributed by atoms with van der Waals surface area (Å²) in [6, 6.07) is 17.0. The molecule has 0 spiro atoms. The van der Waals surface area contributed by atoms with Crippen LogP contribution in [0.25, 0.3) is 0 Å². The second-order valence-electron chi connectivity index (χ2n) is 4.80. The molecule has 0 radical (unpaired) electrons. The van der Waals surface area contributed by atoms with Crippen molar-refractivity contribution < 1.29 is 0 Å². The van der Waals surface area contributed by atoms with Crippen LogP contribution in [0.2, 0.25) is 5.02 Å². The SMILES string of the molecule is CCNC(CCc1ccccc1)c1ccc(Br)cc1Cl. The Morgan fingerprint density at radius 1 is 1.15 bits per heavy atom. The van der Waals surface area contributed by atoms with E-state index in [1.165, 1.54) is 11.1 Å². The van der Waals surface area contributed by atoms with Crippen LogP contribution in [0.15, 0.2) is 53.0 Å². The minimum absolute atomic E-state index is 0.292. The quantitative estimate of drug-likeness (QED) is 0.735. The Morgan fingerprint density at radius 2 is 1.90 bits per heavy atom. The van der Waals surface area contributed by atoms with Crippen molar-refractivity contribution in [1.29, 1.82) is 0 Å². The van der Waals surface area contributed by atoms with Crippen molar-refractivity contribution in [1.82, 2.24) is 5.32 Å². The fraction of sp³-hybridized carbons (Fsp3) is 0.294. The molecule has 0 aromatic heterocycles. The summed E-state index contributed by atoms with van der Waals surface area (Å²) in [6.07, 6.45) is 2.09. The zero-order valence-electron chi connectivity index (χ0n) is 11.6. The zero-order chi connectivity index (χ0) is 14.4. The molecule has 2 aromatic carbocycles. The molecule has 0 saturated carbocycles. The lowest BCUT2D eigenvalue weighted by molar-refractivity contribution is 0.515. The Bertz CT molecular complexity index is 542. The van der Waals surface area contributed by atoms with Crippen LogP contribution in [0.1, 0.15) is 30.5 Å². The molecule has 20 heavy (non-hydrogen) atoms. The number of nitrogens with one attached hydrogen (secondary N) is 1. The molecular weight excluding hydrogens is 334 g/mol. The Morgan fingerprint density at radius 3 is 2.55 bits per heavy atom. The van der Waals surface area contributed by atoms with E-state index >= 15 is 0 Å². The van der Waals surface area contributed by atoms with Gasteiger partial charge in [0, 0.05) is 15.5 Å². The second kappa shape index (κ2) is 7.82. The molecule has 1 atom stereocenters. The number of rotatable bonds is 6. The molecule has 0 bridgehead atoms. The summed E-state index contributed by atoms with van der Waals surface area (Å²) in [7, 11) is 0. The lowest BCUT2D eigenvalue weighted by Gasteiger charge is -2.20. The molecule has 0 fully saturated rings. The van der Waals surface area contributed by atoms with Crippen LogP contribution in [-0.2, 0) is 6.42 Å². The summed E-state index contributed by atoms with van der Waals surface area (Å²) in [5, 5.41) is 4.35. The lowest BCUT2D eigenvalue weighted by atomic mass is 9.99. The average Bonchev–Trinajstić information content (AvgIpc) is 2.45. The number of hydrogen-bond acceptors (Lipinski definition) is 1. The fourth-order valence-corrected chi connectivity index (χ4v) is 3.16. The first-order valence-corrected chi connectivity index (χ1v) is 8.10. The van der Waals surface area contributed by atoms with Crippen LogP contribution in [-0.4, -0.2) is 6.54 Å². The minimum Gasteiger partial charge on any atom is -0.310 e. The summed E-state index contributed by atoms with van der Waals surface area (Å²) in [5.74, 6) is 0. The van der Waals surface area contributed by atoms with Crippen LogP contribution in [0, 0.1) is 0 Å². The Balaban J connectivity index is 2.10. The predicted octanol–water partition coefficient (Wildman–Crippen LogP) is 5.39. The highest BCUT2D eigenvalue weighted by Gasteiger charge is 2.14. The number of aryl methyl sites for hydroxylation is 1. The van der Waals surface area contributed by atoms with E-state index in [1.807, 2.05) is 12.1 Å². The van der Waals surface area contributed by atoms with Crippen molar-refractivity contribution in [3.8, 4) is 0 Å². The molecule has 2 rings (SSSR count). The van der Waals surface area contributed by atoms with E-state index in [9.17, 15) is 0 Å². The molecule has 0 aliphatic heterocycles. The third-order valence-electron chi connectivity index (χ3n) is 3.35. The first kappa shape index (κ1) is 15.6. The van der Waals surface area contributed by atoms with E-state index in [0.29, 0.717) is 6.04 Å². The first-order chi connectivity index (χ1) is 9.70. The lowest BCUT2D eigenvalue weighted by Crippen LogP contribution is -2.21. The average molecular weight is 353 g/mol. The highest BCUT2D eigenvalue weighted by atomic mass is 79.9. The largest absolute Gasteiger partial charge is 0.310 e. The van der Waals surface area contributed by atoms with Crippen LogP contribution in [0.4, 0.5) is 0 Å². The van der Waals surface area contributed by atoms with Crippen LogP contribution in [0.5, 0.6) is 0 Å². The third kappa shape index (κ3) is 4.34. The third-order valence-corrected chi connectivity index (χ3v) is 4.17. The minimum atomic E-state index is 0.292. The van der Waals surface area contributed by atoms with Crippen molar-refractivity contribution in [2.45, 2.75) is 25.8 Å². The molecule has 0 aliphatic rings. The monoisotopic (exact) mass is 351 g/mol. The molecule has 1 nitrogen and oxygen atoms in total. The Labute approximate surface area is 134 Å². The molecule has 3 heteroatoms. The summed E-state index contributed by atoms with van der Waals surface area (Å²) >= 11 is 9.83. The van der Waals surface area contributed by atoms with Crippen molar-refractivity contribution in [2.24, 2.45) is 0 Å². The van der Waals surface area contributed by atoms with Crippen molar-refractivity contribution >= 4 is 27.5 Å². The van der Waals surface area contributed by atoms with Crippen LogP contribution in [0.3, 0.4) is 0 Å². The van der Waals surface area contributed by atoms with Gasteiger partial charge in [-0.1, -0.05) is 70.9 Å². The van der Waals surface area contributed by atoms with Gasteiger partial charge in [-0.25, -0.2) is 0 Å². The van der Waals surface area contributed by atoms with E-state index in [2.05, 4.69) is 64.6 Å². The Kier molecular flexibility index (Phi) is 6.08. The van der Waals surface area contributed by atoms with Gasteiger partial charge in [0.1, 0.15) is 0 Å². The van der Waals surface area contributed by atoms with Gasteiger partial charge in [0.2, 0.25) is 0 Å². The van der Waals surface area contributed by atoms with Gasteiger partial charge in [-0.05, 0) is 42.6 Å². The topological polar surface area (TPSA) is 12.0 Å². The van der Waals surface area contributed by atoms with E-state index in [-0.39, 0.29) is 0 Å². The maximum absolute atomic E-state index is 6.37. The van der Waals surface area contributed by atoms with Crippen molar-refractivity contribution in [3.05, 3.63) is 69.2 Å². The summed E-state index contributed by atoms with van der Waals surface area (Å²) in [6.45, 7) is 3.06. The Hall–Kier alpha value is -0.830. The van der Waals surface area contributed by atoms with Gasteiger partial charge in [-0.2, -0.15) is 0 Å². The second-order valence-corrected chi connectivity index (χ2v) is 6.12. The van der Waals surface area contributed by atoms with E-state index in [4.69, 9.17) is 11.6 Å². The highest BCUT2D eigenvalue weighted by Crippen LogP contribution is 2.29. The smallest absolute Gasteiger partial charge is 0.0465 e. The van der Waals surface area contributed by atoms with Gasteiger partial charge in [-0.15, -0.1) is 0 Å². The molecule has 2 aromatic rings. The molecule has 1 N–H and O–H groups in total. The molecule has 0 saturated heterocycles. The molecule has 0 amide bonds. The van der Waals surface area contributed by atoms with E-state index in [0.717, 1.165) is 28.9 Å². The van der Waals surface area contributed by atoms with E-state index in [1.54, 1.807) is 0 Å². The molecule has 1 unspecified atom stereocenters. The zero-order valence-corrected chi connectivity index (χ0v) is 13.9. The molecular formula is C17H19BrClN. The van der Waals surface area contributed by atoms with Gasteiger partial charge in [0.05, 0.1) is 0 Å². The van der Waals surface area contributed by atoms with Gasteiger partial charge >= 0.3 is 0 Å². The number of halogens is 2.